The molecule has 1 amide bonds. The van der Waals surface area contributed by atoms with Crippen molar-refractivity contribution in [2.24, 2.45) is 0 Å². The van der Waals surface area contributed by atoms with Crippen LogP contribution in [-0.2, 0) is 16.6 Å². The number of carbonyl (C=O) groups excluding carboxylic acids is 1. The highest BCUT2D eigenvalue weighted by atomic mass is 32.2. The fourth-order valence-electron chi connectivity index (χ4n) is 3.74. The molecule has 1 N–H and O–H groups in total. The Balaban J connectivity index is 1.89. The third kappa shape index (κ3) is 5.68. The van der Waals surface area contributed by atoms with Crippen LogP contribution in [0.2, 0.25) is 0 Å². The normalized spacial score (nSPS) is 11.0. The summed E-state index contributed by atoms with van der Waals surface area (Å²) in [6.45, 7) is 3.85. The molecule has 0 bridgehead atoms. The second-order valence-corrected chi connectivity index (χ2v) is 9.79. The van der Waals surface area contributed by atoms with Crippen molar-refractivity contribution in [3.63, 3.8) is 0 Å². The maximum absolute atomic E-state index is 13.3. The highest BCUT2D eigenvalue weighted by Gasteiger charge is 2.23. The number of ether oxygens (including phenoxy) is 3. The fraction of sp³-hybridized carbons (Fsp3) is 0.269. The molecule has 8 nitrogen and oxygen atoms in total. The highest BCUT2D eigenvalue weighted by Crippen LogP contribution is 2.40. The second-order valence-electron chi connectivity index (χ2n) is 8.11. The number of sulfonamides is 1. The summed E-state index contributed by atoms with van der Waals surface area (Å²) in [4.78, 5) is 14.8. The highest BCUT2D eigenvalue weighted by molar-refractivity contribution is 7.92. The Morgan fingerprint density at radius 2 is 1.63 bits per heavy atom. The molecule has 35 heavy (non-hydrogen) atoms. The van der Waals surface area contributed by atoms with Gasteiger partial charge in [-0.05, 0) is 61.4 Å². The minimum Gasteiger partial charge on any atom is -0.493 e. The molecule has 9 heteroatoms. The maximum atomic E-state index is 13.3. The molecule has 0 fully saturated rings. The summed E-state index contributed by atoms with van der Waals surface area (Å²) in [6, 6.07) is 15.1. The van der Waals surface area contributed by atoms with Crippen molar-refractivity contribution < 1.29 is 27.4 Å². The largest absolute Gasteiger partial charge is 0.493 e. The van der Waals surface area contributed by atoms with Crippen LogP contribution in [0.1, 0.15) is 27.0 Å². The van der Waals surface area contributed by atoms with Crippen LogP contribution in [0.5, 0.6) is 17.2 Å². The lowest BCUT2D eigenvalue weighted by molar-refractivity contribution is 0.0783. The number of aryl methyl sites for hydroxylation is 2. The summed E-state index contributed by atoms with van der Waals surface area (Å²) >= 11 is 0. The Kier molecular flexibility index (Phi) is 7.91. The lowest BCUT2D eigenvalue weighted by atomic mass is 10.1. The van der Waals surface area contributed by atoms with Crippen LogP contribution >= 0.6 is 0 Å². The zero-order valence-electron chi connectivity index (χ0n) is 20.7. The molecule has 0 saturated heterocycles. The van der Waals surface area contributed by atoms with E-state index < -0.39 is 10.0 Å². The van der Waals surface area contributed by atoms with Crippen molar-refractivity contribution in [3.05, 3.63) is 76.9 Å². The zero-order chi connectivity index (χ0) is 25.8. The molecule has 0 aliphatic heterocycles. The van der Waals surface area contributed by atoms with Crippen LogP contribution in [0.25, 0.3) is 0 Å². The van der Waals surface area contributed by atoms with Gasteiger partial charge in [-0.1, -0.05) is 18.2 Å². The summed E-state index contributed by atoms with van der Waals surface area (Å²) < 4.78 is 44.8. The Morgan fingerprint density at radius 1 is 0.914 bits per heavy atom. The van der Waals surface area contributed by atoms with E-state index in [0.717, 1.165) is 5.56 Å². The van der Waals surface area contributed by atoms with Crippen LogP contribution in [0, 0.1) is 13.8 Å². The predicted octanol–water partition coefficient (Wildman–Crippen LogP) is 4.40. The van der Waals surface area contributed by atoms with Gasteiger partial charge in [-0.15, -0.1) is 0 Å². The first-order valence-electron chi connectivity index (χ1n) is 10.8. The number of anilines is 1. The van der Waals surface area contributed by atoms with Crippen LogP contribution in [0.4, 0.5) is 5.69 Å². The number of methoxy groups -OCH3 is 3. The molecule has 0 aliphatic carbocycles. The summed E-state index contributed by atoms with van der Waals surface area (Å²) in [5.74, 6) is 1.07. The summed E-state index contributed by atoms with van der Waals surface area (Å²) in [5, 5.41) is 0. The van der Waals surface area contributed by atoms with E-state index in [2.05, 4.69) is 4.72 Å². The van der Waals surface area contributed by atoms with Gasteiger partial charge < -0.3 is 19.1 Å². The minimum absolute atomic E-state index is 0.00468. The van der Waals surface area contributed by atoms with Gasteiger partial charge in [0.2, 0.25) is 5.75 Å². The van der Waals surface area contributed by atoms with E-state index in [1.807, 2.05) is 13.0 Å². The van der Waals surface area contributed by atoms with Gasteiger partial charge in [0.25, 0.3) is 15.9 Å². The average molecular weight is 499 g/mol. The van der Waals surface area contributed by atoms with E-state index >= 15 is 0 Å². The quantitative estimate of drug-likeness (QED) is 0.470. The molecule has 3 aromatic carbocycles. The van der Waals surface area contributed by atoms with Crippen LogP contribution < -0.4 is 18.9 Å². The van der Waals surface area contributed by atoms with Crippen molar-refractivity contribution in [3.8, 4) is 17.2 Å². The molecule has 0 aromatic heterocycles. The van der Waals surface area contributed by atoms with Crippen molar-refractivity contribution in [2.75, 3.05) is 33.1 Å². The smallest absolute Gasteiger partial charge is 0.261 e. The number of rotatable bonds is 9. The molecule has 0 aliphatic rings. The van der Waals surface area contributed by atoms with E-state index in [0.29, 0.717) is 39.6 Å². The average Bonchev–Trinajstić information content (AvgIpc) is 2.82. The first kappa shape index (κ1) is 25.9. The lowest BCUT2D eigenvalue weighted by Gasteiger charge is -2.22. The number of nitrogens with zero attached hydrogens (tertiary/aromatic N) is 1. The Morgan fingerprint density at radius 3 is 2.26 bits per heavy atom. The monoisotopic (exact) mass is 498 g/mol. The molecule has 0 atom stereocenters. The van der Waals surface area contributed by atoms with Crippen molar-refractivity contribution >= 4 is 21.6 Å². The van der Waals surface area contributed by atoms with Gasteiger partial charge in [0.15, 0.2) is 11.5 Å². The van der Waals surface area contributed by atoms with Gasteiger partial charge in [0.05, 0.1) is 26.2 Å². The van der Waals surface area contributed by atoms with Crippen LogP contribution in [0.3, 0.4) is 0 Å². The fourth-order valence-corrected chi connectivity index (χ4v) is 4.82. The van der Waals surface area contributed by atoms with Crippen molar-refractivity contribution in [1.29, 1.82) is 0 Å². The molecule has 0 spiro atoms. The zero-order valence-corrected chi connectivity index (χ0v) is 21.5. The molecule has 0 radical (unpaired) electrons. The van der Waals surface area contributed by atoms with E-state index in [1.54, 1.807) is 50.4 Å². The molecule has 3 rings (SSSR count). The van der Waals surface area contributed by atoms with Gasteiger partial charge in [0.1, 0.15) is 0 Å². The van der Waals surface area contributed by atoms with E-state index in [4.69, 9.17) is 14.2 Å². The number of benzene rings is 3. The van der Waals surface area contributed by atoms with Gasteiger partial charge in [-0.2, -0.15) is 0 Å². The van der Waals surface area contributed by atoms with Gasteiger partial charge in [-0.3, -0.25) is 9.52 Å². The first-order valence-corrected chi connectivity index (χ1v) is 12.3. The molecule has 0 saturated carbocycles. The summed E-state index contributed by atoms with van der Waals surface area (Å²) in [5.41, 5.74) is 3.05. The maximum Gasteiger partial charge on any atom is 0.261 e. The van der Waals surface area contributed by atoms with Gasteiger partial charge >= 0.3 is 0 Å². The topological polar surface area (TPSA) is 94.2 Å². The number of amides is 1. The standard InChI is InChI=1S/C26H30N2O6S/c1-17-8-7-9-20(14-17)27-35(30,31)21-12-10-18(2)22(15-21)26(29)28(3)16-19-11-13-23(32-4)25(34-6)24(19)33-5/h7-15,27H,16H2,1-6H3. The molecular weight excluding hydrogens is 468 g/mol. The Bertz CT molecular complexity index is 1340. The predicted molar refractivity (Wildman–Crippen MR) is 135 cm³/mol. The third-order valence-corrected chi connectivity index (χ3v) is 6.94. The SMILES string of the molecule is COc1ccc(CN(C)C(=O)c2cc(S(=O)(=O)Nc3cccc(C)c3)ccc2C)c(OC)c1OC. The minimum atomic E-state index is -3.89. The molecule has 186 valence electrons. The lowest BCUT2D eigenvalue weighted by Crippen LogP contribution is -2.27. The molecule has 0 unspecified atom stereocenters. The molecule has 0 heterocycles. The third-order valence-electron chi connectivity index (χ3n) is 5.56. The van der Waals surface area contributed by atoms with Crippen molar-refractivity contribution in [1.82, 2.24) is 4.90 Å². The summed E-state index contributed by atoms with van der Waals surface area (Å²) in [7, 11) is 2.32. The van der Waals surface area contributed by atoms with Crippen molar-refractivity contribution in [2.45, 2.75) is 25.3 Å². The number of nitrogens with one attached hydrogen (secondary N) is 1. The molecule has 3 aromatic rings. The van der Waals surface area contributed by atoms with E-state index in [1.165, 1.54) is 38.4 Å². The van der Waals surface area contributed by atoms with E-state index in [9.17, 15) is 13.2 Å². The number of hydrogen-bond acceptors (Lipinski definition) is 6. The Hall–Kier alpha value is -3.72. The summed E-state index contributed by atoms with van der Waals surface area (Å²) in [6.07, 6.45) is 0. The van der Waals surface area contributed by atoms with Crippen LogP contribution in [0.15, 0.2) is 59.5 Å². The first-order chi connectivity index (χ1) is 16.6. The Labute approximate surface area is 206 Å². The second kappa shape index (κ2) is 10.7. The number of hydrogen-bond donors (Lipinski definition) is 1. The van der Waals surface area contributed by atoms with Gasteiger partial charge in [0, 0.05) is 30.4 Å². The van der Waals surface area contributed by atoms with E-state index in [-0.39, 0.29) is 17.3 Å². The van der Waals surface area contributed by atoms with Crippen LogP contribution in [-0.4, -0.2) is 47.6 Å². The number of carbonyl (C=O) groups is 1. The van der Waals surface area contributed by atoms with Gasteiger partial charge in [-0.25, -0.2) is 8.42 Å². The molecular formula is C26H30N2O6S.